The summed E-state index contributed by atoms with van der Waals surface area (Å²) in [6, 6.07) is 8.84. The van der Waals surface area contributed by atoms with Crippen LogP contribution in [0.3, 0.4) is 0 Å². The van der Waals surface area contributed by atoms with Crippen molar-refractivity contribution in [3.8, 4) is 5.75 Å². The number of nitrogens with one attached hydrogen (secondary N) is 1. The fourth-order valence-corrected chi connectivity index (χ4v) is 2.52. The normalized spacial score (nSPS) is 10.3. The van der Waals surface area contributed by atoms with Crippen LogP contribution in [0.15, 0.2) is 40.9 Å². The minimum atomic E-state index is -0.689. The number of Topliss-reactive ketones (excluding diaryl/α,β-unsaturated/α-hetero) is 1. The van der Waals surface area contributed by atoms with Gasteiger partial charge in [-0.25, -0.2) is 4.39 Å². The van der Waals surface area contributed by atoms with E-state index in [-0.39, 0.29) is 23.7 Å². The van der Waals surface area contributed by atoms with Crippen LogP contribution in [0.5, 0.6) is 5.75 Å². The molecule has 0 aliphatic carbocycles. The molecule has 0 radical (unpaired) electrons. The summed E-state index contributed by atoms with van der Waals surface area (Å²) in [6.07, 6.45) is 0. The van der Waals surface area contributed by atoms with Crippen molar-refractivity contribution in [2.45, 2.75) is 6.92 Å². The molecule has 1 amide bonds. The number of halogens is 3. The van der Waals surface area contributed by atoms with Gasteiger partial charge in [-0.1, -0.05) is 27.5 Å². The second kappa shape index (κ2) is 7.57. The van der Waals surface area contributed by atoms with Gasteiger partial charge >= 0.3 is 0 Å². The quantitative estimate of drug-likeness (QED) is 0.754. The van der Waals surface area contributed by atoms with E-state index < -0.39 is 11.7 Å². The number of carbonyl (C=O) groups is 2. The number of benzene rings is 2. The van der Waals surface area contributed by atoms with Crippen LogP contribution in [0.25, 0.3) is 0 Å². The highest BCUT2D eigenvalue weighted by Crippen LogP contribution is 2.25. The Labute approximate surface area is 145 Å². The first kappa shape index (κ1) is 17.4. The van der Waals surface area contributed by atoms with Crippen molar-refractivity contribution < 1.29 is 18.7 Å². The van der Waals surface area contributed by atoms with Gasteiger partial charge < -0.3 is 10.1 Å². The highest BCUT2D eigenvalue weighted by Gasteiger charge is 2.10. The molecule has 0 fully saturated rings. The topological polar surface area (TPSA) is 55.4 Å². The van der Waals surface area contributed by atoms with Crippen molar-refractivity contribution >= 4 is 44.9 Å². The first-order valence-corrected chi connectivity index (χ1v) is 7.72. The summed E-state index contributed by atoms with van der Waals surface area (Å²) >= 11 is 9.26. The van der Waals surface area contributed by atoms with Crippen LogP contribution in [-0.4, -0.2) is 18.3 Å². The number of amides is 1. The third kappa shape index (κ3) is 4.77. The summed E-state index contributed by atoms with van der Waals surface area (Å²) in [6.45, 7) is 0.958. The molecule has 23 heavy (non-hydrogen) atoms. The zero-order valence-electron chi connectivity index (χ0n) is 12.0. The lowest BCUT2D eigenvalue weighted by Gasteiger charge is -2.09. The number of hydrogen-bond donors (Lipinski definition) is 1. The molecule has 2 rings (SSSR count). The molecule has 2 aromatic carbocycles. The Balaban J connectivity index is 1.96. The molecule has 0 atom stereocenters. The van der Waals surface area contributed by atoms with E-state index in [2.05, 4.69) is 21.2 Å². The first-order valence-electron chi connectivity index (χ1n) is 6.55. The van der Waals surface area contributed by atoms with Crippen molar-refractivity contribution in [1.29, 1.82) is 0 Å². The summed E-state index contributed by atoms with van der Waals surface area (Å²) in [5.74, 6) is -1.35. The maximum atomic E-state index is 13.6. The van der Waals surface area contributed by atoms with Crippen LogP contribution < -0.4 is 10.1 Å². The van der Waals surface area contributed by atoms with Crippen molar-refractivity contribution in [1.82, 2.24) is 0 Å². The summed E-state index contributed by atoms with van der Waals surface area (Å²) in [7, 11) is 0. The van der Waals surface area contributed by atoms with Gasteiger partial charge in [0.05, 0.1) is 16.3 Å². The fourth-order valence-electron chi connectivity index (χ4n) is 1.80. The first-order chi connectivity index (χ1) is 10.9. The summed E-state index contributed by atoms with van der Waals surface area (Å²) in [5.41, 5.74) is 0.421. The number of carbonyl (C=O) groups excluding carboxylic acids is 2. The van der Waals surface area contributed by atoms with Crippen LogP contribution in [0.1, 0.15) is 17.3 Å². The average molecular weight is 401 g/mol. The summed E-state index contributed by atoms with van der Waals surface area (Å²) < 4.78 is 19.6. The molecule has 0 saturated heterocycles. The maximum absolute atomic E-state index is 13.6. The highest BCUT2D eigenvalue weighted by atomic mass is 79.9. The van der Waals surface area contributed by atoms with E-state index in [4.69, 9.17) is 16.3 Å². The fraction of sp³-hybridized carbons (Fsp3) is 0.125. The largest absolute Gasteiger partial charge is 0.484 e. The molecule has 0 unspecified atom stereocenters. The molecule has 0 aliphatic heterocycles. The number of hydrogen-bond acceptors (Lipinski definition) is 3. The van der Waals surface area contributed by atoms with Crippen molar-refractivity contribution in [2.24, 2.45) is 0 Å². The molecule has 0 aliphatic rings. The van der Waals surface area contributed by atoms with Crippen LogP contribution >= 0.6 is 27.5 Å². The van der Waals surface area contributed by atoms with Gasteiger partial charge in [-0.05, 0) is 37.3 Å². The minimum absolute atomic E-state index is 0.0246. The van der Waals surface area contributed by atoms with E-state index in [0.717, 1.165) is 10.5 Å². The van der Waals surface area contributed by atoms with E-state index in [1.165, 1.54) is 19.1 Å². The van der Waals surface area contributed by atoms with E-state index >= 15 is 0 Å². The third-order valence-electron chi connectivity index (χ3n) is 2.89. The van der Waals surface area contributed by atoms with Gasteiger partial charge in [0.2, 0.25) is 0 Å². The molecule has 1 N–H and O–H groups in total. The van der Waals surface area contributed by atoms with Crippen LogP contribution in [-0.2, 0) is 4.79 Å². The third-order valence-corrected chi connectivity index (χ3v) is 3.70. The molecule has 120 valence electrons. The van der Waals surface area contributed by atoms with Gasteiger partial charge in [0.25, 0.3) is 5.91 Å². The molecular weight excluding hydrogens is 389 g/mol. The van der Waals surface area contributed by atoms with Crippen molar-refractivity contribution in [2.75, 3.05) is 11.9 Å². The zero-order chi connectivity index (χ0) is 17.0. The zero-order valence-corrected chi connectivity index (χ0v) is 14.4. The van der Waals surface area contributed by atoms with Gasteiger partial charge in [-0.3, -0.25) is 9.59 Å². The van der Waals surface area contributed by atoms with Gasteiger partial charge in [-0.15, -0.1) is 0 Å². The summed E-state index contributed by atoms with van der Waals surface area (Å²) in [4.78, 5) is 23.0. The summed E-state index contributed by atoms with van der Waals surface area (Å²) in [5, 5.41) is 2.97. The lowest BCUT2D eigenvalue weighted by Crippen LogP contribution is -2.20. The second-order valence-corrected chi connectivity index (χ2v) is 5.98. The van der Waals surface area contributed by atoms with Gasteiger partial charge in [-0.2, -0.15) is 0 Å². The SMILES string of the molecule is CC(=O)c1ccc(OCC(=O)Nc2ccc(Br)cc2Cl)cc1F. The lowest BCUT2D eigenvalue weighted by molar-refractivity contribution is -0.118. The number of ketones is 1. The van der Waals surface area contributed by atoms with Gasteiger partial charge in [0.1, 0.15) is 11.6 Å². The molecule has 2 aromatic rings. The average Bonchev–Trinajstić information content (AvgIpc) is 2.48. The Morgan fingerprint density at radius 3 is 2.61 bits per heavy atom. The highest BCUT2D eigenvalue weighted by molar-refractivity contribution is 9.10. The van der Waals surface area contributed by atoms with Crippen molar-refractivity contribution in [3.63, 3.8) is 0 Å². The predicted octanol–water partition coefficient (Wildman–Crippen LogP) is 4.46. The Morgan fingerprint density at radius 1 is 1.26 bits per heavy atom. The Kier molecular flexibility index (Phi) is 5.74. The van der Waals surface area contributed by atoms with Crippen LogP contribution in [0.4, 0.5) is 10.1 Å². The monoisotopic (exact) mass is 399 g/mol. The Morgan fingerprint density at radius 2 is 2.00 bits per heavy atom. The molecule has 0 heterocycles. The maximum Gasteiger partial charge on any atom is 0.262 e. The van der Waals surface area contributed by atoms with Crippen molar-refractivity contribution in [3.05, 3.63) is 57.3 Å². The Bertz CT molecular complexity index is 767. The molecular formula is C16H12BrClFNO3. The predicted molar refractivity (Wildman–Crippen MR) is 89.7 cm³/mol. The van der Waals surface area contributed by atoms with Crippen LogP contribution in [0, 0.1) is 5.82 Å². The molecule has 0 aromatic heterocycles. The molecule has 4 nitrogen and oxygen atoms in total. The number of ether oxygens (including phenoxy) is 1. The van der Waals surface area contributed by atoms with Gasteiger partial charge in [0.15, 0.2) is 12.4 Å². The number of rotatable bonds is 5. The molecule has 0 spiro atoms. The van der Waals surface area contributed by atoms with E-state index in [9.17, 15) is 14.0 Å². The smallest absolute Gasteiger partial charge is 0.262 e. The van der Waals surface area contributed by atoms with E-state index in [0.29, 0.717) is 10.7 Å². The molecule has 7 heteroatoms. The lowest BCUT2D eigenvalue weighted by atomic mass is 10.1. The second-order valence-electron chi connectivity index (χ2n) is 4.66. The molecule has 0 bridgehead atoms. The van der Waals surface area contributed by atoms with Crippen LogP contribution in [0.2, 0.25) is 5.02 Å². The van der Waals surface area contributed by atoms with E-state index in [1.807, 2.05) is 0 Å². The standard InChI is InChI=1S/C16H12BrClFNO3/c1-9(21)12-4-3-11(7-14(12)19)23-8-16(22)20-15-5-2-10(17)6-13(15)18/h2-7H,8H2,1H3,(H,20,22). The Hall–Kier alpha value is -1.92. The van der Waals surface area contributed by atoms with E-state index in [1.54, 1.807) is 18.2 Å². The number of anilines is 1. The molecule has 0 saturated carbocycles. The van der Waals surface area contributed by atoms with Gasteiger partial charge in [0, 0.05) is 10.5 Å². The minimum Gasteiger partial charge on any atom is -0.484 e.